The fourth-order valence-electron chi connectivity index (χ4n) is 0.868. The number of rotatable bonds is 2. The van der Waals surface area contributed by atoms with Gasteiger partial charge < -0.3 is 4.98 Å². The Kier molecular flexibility index (Phi) is 4.07. The number of nitrogens with one attached hydrogen (secondary N) is 2. The summed E-state index contributed by atoms with van der Waals surface area (Å²) in [6, 6.07) is 5.56. The van der Waals surface area contributed by atoms with Gasteiger partial charge in [-0.1, -0.05) is 0 Å². The van der Waals surface area contributed by atoms with Crippen LogP contribution in [0.5, 0.6) is 0 Å². The molecule has 0 aliphatic heterocycles. The largest absolute Gasteiger partial charge is 0.339 e. The maximum atomic E-state index is 8.38. The zero-order chi connectivity index (χ0) is 10.4. The number of halogens is 1. The predicted octanol–water partition coefficient (Wildman–Crippen LogP) is 1.66. The summed E-state index contributed by atoms with van der Waals surface area (Å²) in [5.74, 6) is 0. The Bertz CT molecular complexity index is 464. The average molecular weight is 298 g/mol. The van der Waals surface area contributed by atoms with E-state index < -0.39 is 0 Å². The van der Waals surface area contributed by atoms with Crippen LogP contribution in [0, 0.1) is 20.3 Å². The minimum Gasteiger partial charge on any atom is -0.339 e. The lowest BCUT2D eigenvalue weighted by Gasteiger charge is -1.97. The van der Waals surface area contributed by atoms with E-state index in [0.29, 0.717) is 5.49 Å². The van der Waals surface area contributed by atoms with E-state index in [9.17, 15) is 0 Å². The van der Waals surface area contributed by atoms with Crippen LogP contribution in [0.25, 0.3) is 6.08 Å². The maximum Gasteiger partial charge on any atom is 0.132 e. The number of nitriles is 1. The second-order valence-corrected chi connectivity index (χ2v) is 3.49. The zero-order valence-corrected chi connectivity index (χ0v) is 9.32. The van der Waals surface area contributed by atoms with Crippen molar-refractivity contribution in [3.63, 3.8) is 0 Å². The fourth-order valence-corrected chi connectivity index (χ4v) is 1.36. The van der Waals surface area contributed by atoms with Gasteiger partial charge in [-0.25, -0.2) is 4.99 Å². The van der Waals surface area contributed by atoms with E-state index in [4.69, 9.17) is 10.7 Å². The molecule has 0 saturated heterocycles. The van der Waals surface area contributed by atoms with Gasteiger partial charge in [0.15, 0.2) is 0 Å². The Balaban J connectivity index is 3.23. The molecule has 0 unspecified atom stereocenters. The molecule has 1 aromatic heterocycles. The van der Waals surface area contributed by atoms with Crippen LogP contribution in [-0.4, -0.2) is 11.3 Å². The summed E-state index contributed by atoms with van der Waals surface area (Å²) in [6.45, 7) is 0. The van der Waals surface area contributed by atoms with Gasteiger partial charge >= 0.3 is 0 Å². The van der Waals surface area contributed by atoms with Gasteiger partial charge in [0.05, 0.1) is 11.8 Å². The van der Waals surface area contributed by atoms with Crippen LogP contribution < -0.4 is 5.49 Å². The molecule has 0 amide bonds. The number of pyridine rings is 1. The zero-order valence-electron chi connectivity index (χ0n) is 7.16. The van der Waals surface area contributed by atoms with Crippen LogP contribution in [0.15, 0.2) is 23.2 Å². The number of aromatic amines is 1. The summed E-state index contributed by atoms with van der Waals surface area (Å²) in [5, 5.41) is 15.2. The second-order valence-electron chi connectivity index (χ2n) is 2.33. The summed E-state index contributed by atoms with van der Waals surface area (Å²) in [4.78, 5) is 6.77. The molecule has 1 rings (SSSR count). The molecule has 0 fully saturated rings. The fraction of sp³-hybridized carbons (Fsp3) is 0. The van der Waals surface area contributed by atoms with Crippen molar-refractivity contribution in [3.05, 3.63) is 33.0 Å². The molecular formula is C9H7IN4. The number of hydrogen-bond donors (Lipinski definition) is 2. The smallest absolute Gasteiger partial charge is 0.132 e. The third-order valence-electron chi connectivity index (χ3n) is 1.44. The molecule has 2 N–H and O–H groups in total. The lowest BCUT2D eigenvalue weighted by Crippen LogP contribution is -2.08. The Morgan fingerprint density at radius 3 is 3.00 bits per heavy atom. The van der Waals surface area contributed by atoms with Crippen molar-refractivity contribution in [2.24, 2.45) is 4.99 Å². The molecule has 0 atom stereocenters. The van der Waals surface area contributed by atoms with E-state index in [-0.39, 0.29) is 0 Å². The molecule has 4 nitrogen and oxygen atoms in total. The van der Waals surface area contributed by atoms with E-state index in [0.717, 1.165) is 15.6 Å². The summed E-state index contributed by atoms with van der Waals surface area (Å²) in [5.41, 5.74) is 1.41. The number of hydrogen-bond acceptors (Lipinski definition) is 2. The highest BCUT2D eigenvalue weighted by atomic mass is 127. The standard InChI is InChI=1S/C9H7IN4/c10-7-3-4-9(13-6-12)14-8(7)2-1-5-11/h1-4,6H,(H2,12,13,14)/b2-1+. The van der Waals surface area contributed by atoms with Crippen LogP contribution in [0.4, 0.5) is 0 Å². The Morgan fingerprint density at radius 2 is 2.36 bits per heavy atom. The molecule has 70 valence electrons. The first kappa shape index (κ1) is 10.7. The van der Waals surface area contributed by atoms with Crippen molar-refractivity contribution in [1.82, 2.24) is 4.98 Å². The molecule has 14 heavy (non-hydrogen) atoms. The van der Waals surface area contributed by atoms with Crippen molar-refractivity contribution in [1.29, 1.82) is 10.7 Å². The number of nitrogens with zero attached hydrogens (tertiary/aromatic N) is 2. The summed E-state index contributed by atoms with van der Waals surface area (Å²) in [6.07, 6.45) is 4.03. The topological polar surface area (TPSA) is 75.8 Å². The average Bonchev–Trinajstić information content (AvgIpc) is 2.19. The number of aromatic nitrogens is 1. The van der Waals surface area contributed by atoms with E-state index in [1.54, 1.807) is 12.1 Å². The van der Waals surface area contributed by atoms with Crippen LogP contribution in [0.1, 0.15) is 5.69 Å². The molecule has 5 heteroatoms. The molecule has 0 spiro atoms. The molecule has 0 bridgehead atoms. The highest BCUT2D eigenvalue weighted by Gasteiger charge is 1.94. The maximum absolute atomic E-state index is 8.38. The van der Waals surface area contributed by atoms with E-state index >= 15 is 0 Å². The van der Waals surface area contributed by atoms with Crippen molar-refractivity contribution in [2.45, 2.75) is 0 Å². The van der Waals surface area contributed by atoms with Crippen LogP contribution in [0.2, 0.25) is 0 Å². The second kappa shape index (κ2) is 5.34. The monoisotopic (exact) mass is 298 g/mol. The Hall–Kier alpha value is -1.42. The van der Waals surface area contributed by atoms with Crippen LogP contribution >= 0.6 is 22.6 Å². The van der Waals surface area contributed by atoms with Crippen molar-refractivity contribution in [2.75, 3.05) is 0 Å². The van der Waals surface area contributed by atoms with Gasteiger partial charge in [-0.2, -0.15) is 5.26 Å². The summed E-state index contributed by atoms with van der Waals surface area (Å²) in [7, 11) is 0. The lowest BCUT2D eigenvalue weighted by atomic mass is 10.3. The predicted molar refractivity (Wildman–Crippen MR) is 62.5 cm³/mol. The minimum atomic E-state index is 0.595. The molecule has 0 aromatic carbocycles. The minimum absolute atomic E-state index is 0.595. The normalized spacial score (nSPS) is 11.6. The molecule has 0 saturated carbocycles. The van der Waals surface area contributed by atoms with Crippen LogP contribution in [0.3, 0.4) is 0 Å². The third-order valence-corrected chi connectivity index (χ3v) is 2.38. The number of H-pyrrole nitrogens is 1. The van der Waals surface area contributed by atoms with Gasteiger partial charge in [0.1, 0.15) is 11.8 Å². The van der Waals surface area contributed by atoms with Gasteiger partial charge in [-0.3, -0.25) is 5.41 Å². The first-order valence-electron chi connectivity index (χ1n) is 3.75. The SMILES string of the molecule is N#C/C=C/c1[nH]/c(=N\C=N)ccc1I. The van der Waals surface area contributed by atoms with Gasteiger partial charge in [-0.05, 0) is 40.8 Å². The summed E-state index contributed by atoms with van der Waals surface area (Å²) >= 11 is 2.15. The van der Waals surface area contributed by atoms with Gasteiger partial charge in [0.2, 0.25) is 0 Å². The molecule has 0 aliphatic rings. The van der Waals surface area contributed by atoms with Crippen molar-refractivity contribution >= 4 is 35.0 Å². The lowest BCUT2D eigenvalue weighted by molar-refractivity contribution is 1.14. The van der Waals surface area contributed by atoms with Crippen molar-refractivity contribution in [3.8, 4) is 6.07 Å². The van der Waals surface area contributed by atoms with Gasteiger partial charge in [0, 0.05) is 9.65 Å². The molecule has 1 aromatic rings. The third kappa shape index (κ3) is 2.81. The van der Waals surface area contributed by atoms with E-state index in [1.807, 2.05) is 12.1 Å². The first-order valence-corrected chi connectivity index (χ1v) is 4.83. The quantitative estimate of drug-likeness (QED) is 0.370. The first-order chi connectivity index (χ1) is 6.77. The Labute approximate surface area is 94.7 Å². The molecular weight excluding hydrogens is 291 g/mol. The highest BCUT2D eigenvalue weighted by molar-refractivity contribution is 14.1. The van der Waals surface area contributed by atoms with E-state index in [2.05, 4.69) is 32.6 Å². The van der Waals surface area contributed by atoms with Crippen molar-refractivity contribution < 1.29 is 0 Å². The van der Waals surface area contributed by atoms with Gasteiger partial charge in [-0.15, -0.1) is 0 Å². The molecule has 1 heterocycles. The molecule has 0 radical (unpaired) electrons. The molecule has 0 aliphatic carbocycles. The summed E-state index contributed by atoms with van der Waals surface area (Å²) < 4.78 is 0.998. The van der Waals surface area contributed by atoms with Crippen LogP contribution in [-0.2, 0) is 0 Å². The van der Waals surface area contributed by atoms with E-state index in [1.165, 1.54) is 6.08 Å². The highest BCUT2D eigenvalue weighted by Crippen LogP contribution is 2.07. The Morgan fingerprint density at radius 1 is 1.57 bits per heavy atom. The number of allylic oxidation sites excluding steroid dienone is 1. The van der Waals surface area contributed by atoms with Gasteiger partial charge in [0.25, 0.3) is 0 Å².